The van der Waals surface area contributed by atoms with Crippen molar-refractivity contribution >= 4 is 5.91 Å². The number of amides is 1. The van der Waals surface area contributed by atoms with Crippen LogP contribution in [0.3, 0.4) is 0 Å². The monoisotopic (exact) mass is 291 g/mol. The highest BCUT2D eigenvalue weighted by Crippen LogP contribution is 2.15. The van der Waals surface area contributed by atoms with Crippen LogP contribution in [0.15, 0.2) is 18.2 Å². The number of hydrogen-bond acceptors (Lipinski definition) is 3. The summed E-state index contributed by atoms with van der Waals surface area (Å²) in [4.78, 5) is 12.3. The Morgan fingerprint density at radius 2 is 2.38 bits per heavy atom. The summed E-state index contributed by atoms with van der Waals surface area (Å²) < 4.78 is 18.7. The molecular formula is C16H18FNO3. The fraction of sp³-hybridized carbons (Fsp3) is 0.438. The van der Waals surface area contributed by atoms with Gasteiger partial charge in [0.1, 0.15) is 5.82 Å². The molecule has 0 bridgehead atoms. The molecule has 1 amide bonds. The quantitative estimate of drug-likeness (QED) is 0.829. The van der Waals surface area contributed by atoms with Gasteiger partial charge in [0.05, 0.1) is 24.3 Å². The Morgan fingerprint density at radius 3 is 3.05 bits per heavy atom. The Bertz CT molecular complexity index is 577. The zero-order valence-corrected chi connectivity index (χ0v) is 11.9. The van der Waals surface area contributed by atoms with Crippen LogP contribution in [0.2, 0.25) is 0 Å². The molecule has 0 saturated carbocycles. The molecule has 2 rings (SSSR count). The van der Waals surface area contributed by atoms with Gasteiger partial charge in [0.2, 0.25) is 0 Å². The van der Waals surface area contributed by atoms with Crippen LogP contribution in [0.25, 0.3) is 0 Å². The minimum Gasteiger partial charge on any atom is -0.395 e. The lowest BCUT2D eigenvalue weighted by molar-refractivity contribution is 0.0866. The number of aliphatic hydroxyl groups excluding tert-OH is 1. The lowest BCUT2D eigenvalue weighted by atomic mass is 10.1. The molecule has 1 aromatic carbocycles. The largest absolute Gasteiger partial charge is 0.395 e. The van der Waals surface area contributed by atoms with Crippen molar-refractivity contribution < 1.29 is 19.0 Å². The van der Waals surface area contributed by atoms with E-state index in [1.807, 2.05) is 6.92 Å². The van der Waals surface area contributed by atoms with Crippen molar-refractivity contribution in [2.24, 2.45) is 0 Å². The van der Waals surface area contributed by atoms with Crippen LogP contribution >= 0.6 is 0 Å². The van der Waals surface area contributed by atoms with Crippen molar-refractivity contribution in [1.82, 2.24) is 5.32 Å². The van der Waals surface area contributed by atoms with Gasteiger partial charge in [-0.2, -0.15) is 0 Å². The average molecular weight is 291 g/mol. The molecule has 2 unspecified atom stereocenters. The summed E-state index contributed by atoms with van der Waals surface area (Å²) in [6.07, 6.45) is 1.02. The summed E-state index contributed by atoms with van der Waals surface area (Å²) in [7, 11) is 0. The summed E-state index contributed by atoms with van der Waals surface area (Å²) in [6, 6.07) is 3.85. The first-order valence-electron chi connectivity index (χ1n) is 6.93. The first-order valence-corrected chi connectivity index (χ1v) is 6.93. The van der Waals surface area contributed by atoms with Gasteiger partial charge in [-0.1, -0.05) is 11.8 Å². The minimum absolute atomic E-state index is 0.0293. The maximum Gasteiger partial charge on any atom is 0.252 e. The van der Waals surface area contributed by atoms with Gasteiger partial charge in [-0.3, -0.25) is 4.79 Å². The molecule has 0 aliphatic carbocycles. The van der Waals surface area contributed by atoms with Crippen LogP contribution in [-0.2, 0) is 4.74 Å². The second-order valence-corrected chi connectivity index (χ2v) is 4.91. The van der Waals surface area contributed by atoms with E-state index in [2.05, 4.69) is 17.2 Å². The normalized spacial score (nSPS) is 20.7. The zero-order valence-electron chi connectivity index (χ0n) is 11.9. The Kier molecular flexibility index (Phi) is 5.32. The minimum atomic E-state index is -0.447. The third kappa shape index (κ3) is 4.03. The molecule has 1 heterocycles. The molecule has 4 nitrogen and oxygen atoms in total. The van der Waals surface area contributed by atoms with E-state index in [-0.39, 0.29) is 31.1 Å². The number of hydrogen-bond donors (Lipinski definition) is 2. The highest BCUT2D eigenvalue weighted by Gasteiger charge is 2.26. The molecule has 1 saturated heterocycles. The molecule has 5 heteroatoms. The number of carbonyl (C=O) groups is 1. The van der Waals surface area contributed by atoms with Gasteiger partial charge in [-0.05, 0) is 31.5 Å². The van der Waals surface area contributed by atoms with Crippen LogP contribution in [-0.4, -0.2) is 36.4 Å². The third-order valence-electron chi connectivity index (χ3n) is 3.38. The molecule has 0 spiro atoms. The van der Waals surface area contributed by atoms with Crippen LogP contribution < -0.4 is 5.32 Å². The van der Waals surface area contributed by atoms with E-state index < -0.39 is 5.82 Å². The molecule has 21 heavy (non-hydrogen) atoms. The molecule has 0 radical (unpaired) electrons. The van der Waals surface area contributed by atoms with E-state index in [0.717, 1.165) is 6.42 Å². The van der Waals surface area contributed by atoms with Gasteiger partial charge in [0.15, 0.2) is 0 Å². The molecule has 2 atom stereocenters. The van der Waals surface area contributed by atoms with E-state index in [0.29, 0.717) is 17.7 Å². The van der Waals surface area contributed by atoms with Crippen LogP contribution in [0, 0.1) is 17.7 Å². The van der Waals surface area contributed by atoms with E-state index in [9.17, 15) is 9.18 Å². The number of ether oxygens (including phenoxy) is 1. The van der Waals surface area contributed by atoms with Gasteiger partial charge in [0.25, 0.3) is 5.91 Å². The molecule has 112 valence electrons. The standard InChI is InChI=1S/C16H18FNO3/c1-11-15(7-9-21-11)18-16(20)14-6-5-13(17)10-12(14)4-2-3-8-19/h5-6,10-11,15,19H,3,7-9H2,1H3,(H,18,20). The average Bonchev–Trinajstić information content (AvgIpc) is 2.84. The molecule has 1 fully saturated rings. The summed E-state index contributed by atoms with van der Waals surface area (Å²) in [5.74, 6) is 4.70. The van der Waals surface area contributed by atoms with E-state index >= 15 is 0 Å². The topological polar surface area (TPSA) is 58.6 Å². The summed E-state index contributed by atoms with van der Waals surface area (Å²) in [6.45, 7) is 2.46. The Balaban J connectivity index is 2.18. The number of rotatable bonds is 3. The number of halogens is 1. The zero-order chi connectivity index (χ0) is 15.2. The predicted molar refractivity (Wildman–Crippen MR) is 76.3 cm³/mol. The molecular weight excluding hydrogens is 273 g/mol. The van der Waals surface area contributed by atoms with Crippen LogP contribution in [0.4, 0.5) is 4.39 Å². The van der Waals surface area contributed by atoms with Crippen molar-refractivity contribution in [2.45, 2.75) is 31.9 Å². The summed E-state index contributed by atoms with van der Waals surface area (Å²) in [5, 5.41) is 11.6. The van der Waals surface area contributed by atoms with Gasteiger partial charge in [0, 0.05) is 18.6 Å². The Labute approximate surface area is 123 Å². The second-order valence-electron chi connectivity index (χ2n) is 4.91. The maximum atomic E-state index is 13.3. The molecule has 1 aliphatic heterocycles. The second kappa shape index (κ2) is 7.21. The van der Waals surface area contributed by atoms with Crippen molar-refractivity contribution in [2.75, 3.05) is 13.2 Å². The Morgan fingerprint density at radius 1 is 1.57 bits per heavy atom. The highest BCUT2D eigenvalue weighted by atomic mass is 19.1. The number of carbonyl (C=O) groups excluding carboxylic acids is 1. The van der Waals surface area contributed by atoms with Gasteiger partial charge in [-0.25, -0.2) is 4.39 Å². The smallest absolute Gasteiger partial charge is 0.252 e. The molecule has 1 aromatic rings. The molecule has 0 aromatic heterocycles. The fourth-order valence-corrected chi connectivity index (χ4v) is 2.20. The van der Waals surface area contributed by atoms with Crippen molar-refractivity contribution in [1.29, 1.82) is 0 Å². The SMILES string of the molecule is CC1OCCC1NC(=O)c1ccc(F)cc1C#CCCO. The van der Waals surface area contributed by atoms with Crippen molar-refractivity contribution in [3.63, 3.8) is 0 Å². The summed E-state index contributed by atoms with van der Waals surface area (Å²) in [5.41, 5.74) is 0.661. The lowest BCUT2D eigenvalue weighted by Gasteiger charge is -2.16. The highest BCUT2D eigenvalue weighted by molar-refractivity contribution is 5.97. The number of nitrogens with one attached hydrogen (secondary N) is 1. The molecule has 1 aliphatic rings. The first-order chi connectivity index (χ1) is 10.1. The van der Waals surface area contributed by atoms with E-state index in [4.69, 9.17) is 9.84 Å². The van der Waals surface area contributed by atoms with E-state index in [1.165, 1.54) is 18.2 Å². The van der Waals surface area contributed by atoms with Crippen molar-refractivity contribution in [3.8, 4) is 11.8 Å². The third-order valence-corrected chi connectivity index (χ3v) is 3.38. The maximum absolute atomic E-state index is 13.3. The first kappa shape index (κ1) is 15.5. The molecule has 2 N–H and O–H groups in total. The lowest BCUT2D eigenvalue weighted by Crippen LogP contribution is -2.39. The summed E-state index contributed by atoms with van der Waals surface area (Å²) >= 11 is 0. The van der Waals surface area contributed by atoms with Crippen molar-refractivity contribution in [3.05, 3.63) is 35.1 Å². The fourth-order valence-electron chi connectivity index (χ4n) is 2.20. The predicted octanol–water partition coefficient (Wildman–Crippen LogP) is 1.47. The van der Waals surface area contributed by atoms with Gasteiger partial charge in [-0.15, -0.1) is 0 Å². The van der Waals surface area contributed by atoms with Gasteiger partial charge >= 0.3 is 0 Å². The Hall–Kier alpha value is -1.90. The number of benzene rings is 1. The van der Waals surface area contributed by atoms with Crippen LogP contribution in [0.5, 0.6) is 0 Å². The van der Waals surface area contributed by atoms with E-state index in [1.54, 1.807) is 0 Å². The number of aliphatic hydroxyl groups is 1. The van der Waals surface area contributed by atoms with Gasteiger partial charge < -0.3 is 15.2 Å². The van der Waals surface area contributed by atoms with Crippen LogP contribution in [0.1, 0.15) is 35.7 Å².